The number of nitrogens with zero attached hydrogens (tertiary/aromatic N) is 4. The van der Waals surface area contributed by atoms with Gasteiger partial charge < -0.3 is 25.2 Å². The fourth-order valence-corrected chi connectivity index (χ4v) is 4.61. The van der Waals surface area contributed by atoms with Gasteiger partial charge in [0, 0.05) is 6.42 Å². The van der Waals surface area contributed by atoms with Gasteiger partial charge in [-0.05, 0) is 30.3 Å². The van der Waals surface area contributed by atoms with E-state index in [2.05, 4.69) is 49.1 Å². The summed E-state index contributed by atoms with van der Waals surface area (Å²) in [4.78, 5) is 4.00. The first kappa shape index (κ1) is 20.7. The van der Waals surface area contributed by atoms with Gasteiger partial charge in [0.1, 0.15) is 17.9 Å². The molecule has 3 rings (SSSR count). The Hall–Kier alpha value is -2.01. The van der Waals surface area contributed by atoms with Gasteiger partial charge in [-0.1, -0.05) is 25.9 Å². The molecule has 3 heterocycles. The van der Waals surface area contributed by atoms with Crippen LogP contribution >= 0.6 is 0 Å². The third kappa shape index (κ3) is 3.41. The molecular formula is C18H29N5O4Si. The fraction of sp³-hybridized carbons (Fsp3) is 0.611. The number of rotatable bonds is 5. The van der Waals surface area contributed by atoms with Crippen LogP contribution in [-0.2, 0) is 9.16 Å². The van der Waals surface area contributed by atoms with E-state index in [0.717, 1.165) is 5.69 Å². The molecule has 3 atom stereocenters. The zero-order valence-electron chi connectivity index (χ0n) is 17.0. The van der Waals surface area contributed by atoms with Crippen LogP contribution in [0.5, 0.6) is 0 Å². The first-order valence-electron chi connectivity index (χ1n) is 9.28. The van der Waals surface area contributed by atoms with Gasteiger partial charge in [0.05, 0.1) is 24.6 Å². The molecular weight excluding hydrogens is 378 g/mol. The number of oxime groups is 1. The third-order valence-corrected chi connectivity index (χ3v) is 10.4. The Kier molecular flexibility index (Phi) is 5.26. The van der Waals surface area contributed by atoms with Crippen LogP contribution < -0.4 is 5.73 Å². The molecule has 1 aliphatic heterocycles. The first-order valence-corrected chi connectivity index (χ1v) is 12.2. The third-order valence-electron chi connectivity index (χ3n) is 5.94. The highest BCUT2D eigenvalue weighted by Crippen LogP contribution is 2.45. The molecule has 1 saturated heterocycles. The summed E-state index contributed by atoms with van der Waals surface area (Å²) < 4.78 is 14.5. The minimum absolute atomic E-state index is 0.0218. The lowest BCUT2D eigenvalue weighted by molar-refractivity contribution is -0.0608. The Balaban J connectivity index is 1.99. The van der Waals surface area contributed by atoms with Crippen molar-refractivity contribution in [2.24, 2.45) is 5.16 Å². The molecule has 0 bridgehead atoms. The van der Waals surface area contributed by atoms with Crippen LogP contribution in [0.1, 0.15) is 39.0 Å². The Morgan fingerprint density at radius 2 is 2.18 bits per heavy atom. The van der Waals surface area contributed by atoms with Crippen molar-refractivity contribution < 1.29 is 19.5 Å². The van der Waals surface area contributed by atoms with Gasteiger partial charge in [-0.15, -0.1) is 0 Å². The lowest BCUT2D eigenvalue weighted by Crippen LogP contribution is -2.53. The second-order valence-electron chi connectivity index (χ2n) is 8.77. The summed E-state index contributed by atoms with van der Waals surface area (Å²) in [5.74, 6) is 0.374. The molecule has 0 aromatic carbocycles. The number of hydrogen-bond donors (Lipinski definition) is 3. The molecule has 2 aromatic heterocycles. The van der Waals surface area contributed by atoms with E-state index in [4.69, 9.17) is 14.9 Å². The second kappa shape index (κ2) is 7.10. The number of aliphatic hydroxyl groups excluding tert-OH is 1. The van der Waals surface area contributed by atoms with Crippen LogP contribution in [0.25, 0.3) is 5.52 Å². The minimum Gasteiger partial charge on any atom is -0.411 e. The van der Waals surface area contributed by atoms with Crippen molar-refractivity contribution in [2.75, 3.05) is 12.3 Å². The normalized spacial score (nSPS) is 26.5. The van der Waals surface area contributed by atoms with Crippen molar-refractivity contribution in [3.63, 3.8) is 0 Å². The van der Waals surface area contributed by atoms with E-state index >= 15 is 0 Å². The van der Waals surface area contributed by atoms with Gasteiger partial charge in [0.25, 0.3) is 0 Å². The molecule has 1 fully saturated rings. The number of aromatic nitrogens is 3. The Morgan fingerprint density at radius 1 is 1.46 bits per heavy atom. The molecule has 10 heteroatoms. The van der Waals surface area contributed by atoms with Crippen molar-refractivity contribution in [1.29, 1.82) is 0 Å². The molecule has 154 valence electrons. The maximum absolute atomic E-state index is 10.1. The molecule has 0 spiro atoms. The zero-order valence-corrected chi connectivity index (χ0v) is 18.0. The number of nitrogens with two attached hydrogens (primary N) is 1. The Morgan fingerprint density at radius 3 is 2.79 bits per heavy atom. The largest absolute Gasteiger partial charge is 0.411 e. The highest BCUT2D eigenvalue weighted by molar-refractivity contribution is 6.74. The summed E-state index contributed by atoms with van der Waals surface area (Å²) in [6.07, 6.45) is 2.21. The first-order chi connectivity index (χ1) is 13.0. The van der Waals surface area contributed by atoms with E-state index in [1.807, 2.05) is 12.1 Å². The SMILES string of the molecule is CC(C)(C)[Si](C)(C)OC1CC(c2ccc3c(N)ncnn23)OC1(C=NO)CO. The predicted molar refractivity (Wildman–Crippen MR) is 108 cm³/mol. The molecule has 9 nitrogen and oxygen atoms in total. The summed E-state index contributed by atoms with van der Waals surface area (Å²) >= 11 is 0. The number of nitrogen functional groups attached to an aromatic ring is 1. The van der Waals surface area contributed by atoms with Crippen molar-refractivity contribution in [1.82, 2.24) is 14.6 Å². The number of aliphatic hydroxyl groups is 1. The molecule has 4 N–H and O–H groups in total. The van der Waals surface area contributed by atoms with Crippen molar-refractivity contribution in [3.05, 3.63) is 24.2 Å². The monoisotopic (exact) mass is 407 g/mol. The molecule has 1 aliphatic rings. The summed E-state index contributed by atoms with van der Waals surface area (Å²) in [5, 5.41) is 26.8. The highest BCUT2D eigenvalue weighted by atomic mass is 28.4. The maximum atomic E-state index is 10.1. The number of anilines is 1. The fourth-order valence-electron chi connectivity index (χ4n) is 3.25. The van der Waals surface area contributed by atoms with Crippen LogP contribution in [0.15, 0.2) is 23.6 Å². The molecule has 0 radical (unpaired) electrons. The number of hydrogen-bond acceptors (Lipinski definition) is 8. The van der Waals surface area contributed by atoms with Crippen molar-refractivity contribution >= 4 is 25.9 Å². The molecule has 2 aromatic rings. The van der Waals surface area contributed by atoms with Crippen LogP contribution in [0.4, 0.5) is 5.82 Å². The average molecular weight is 408 g/mol. The summed E-state index contributed by atoms with van der Waals surface area (Å²) in [6.45, 7) is 10.3. The minimum atomic E-state index is -2.17. The van der Waals surface area contributed by atoms with Crippen LogP contribution in [0, 0.1) is 0 Å². The Bertz CT molecular complexity index is 878. The van der Waals surface area contributed by atoms with E-state index in [-0.39, 0.29) is 11.6 Å². The van der Waals surface area contributed by atoms with Gasteiger partial charge >= 0.3 is 0 Å². The number of ether oxygens (including phenoxy) is 1. The maximum Gasteiger partial charge on any atom is 0.192 e. The van der Waals surface area contributed by atoms with E-state index in [1.54, 1.807) is 4.52 Å². The molecule has 28 heavy (non-hydrogen) atoms. The lowest BCUT2D eigenvalue weighted by Gasteiger charge is -2.41. The van der Waals surface area contributed by atoms with E-state index in [9.17, 15) is 10.3 Å². The van der Waals surface area contributed by atoms with Gasteiger partial charge in [0.2, 0.25) is 0 Å². The van der Waals surface area contributed by atoms with E-state index < -0.39 is 26.1 Å². The van der Waals surface area contributed by atoms with Gasteiger partial charge in [-0.25, -0.2) is 9.50 Å². The molecule has 0 aliphatic carbocycles. The lowest BCUT2D eigenvalue weighted by atomic mass is 9.98. The zero-order chi connectivity index (χ0) is 20.7. The Labute approximate surface area is 165 Å². The average Bonchev–Trinajstić information content (AvgIpc) is 3.17. The van der Waals surface area contributed by atoms with Crippen LogP contribution in [0.3, 0.4) is 0 Å². The quantitative estimate of drug-likeness (QED) is 0.300. The molecule has 0 amide bonds. The number of fused-ring (bicyclic) bond motifs is 1. The standard InChI is InChI=1S/C18H29N5O4Si/c1-17(2,3)28(4,5)27-15-8-14(26-18(15,10-24)9-22-25)12-6-7-13-16(19)20-11-21-23(12)13/h6-7,9,11,14-15,24-25H,8,10H2,1-5H3,(H2,19,20,21). The summed E-state index contributed by atoms with van der Waals surface area (Å²) in [7, 11) is -2.17. The summed E-state index contributed by atoms with van der Waals surface area (Å²) in [5.41, 5.74) is 6.14. The second-order valence-corrected chi connectivity index (χ2v) is 13.5. The predicted octanol–water partition coefficient (Wildman–Crippen LogP) is 2.35. The molecule has 0 saturated carbocycles. The van der Waals surface area contributed by atoms with E-state index in [0.29, 0.717) is 17.8 Å². The molecule has 3 unspecified atom stereocenters. The topological polar surface area (TPSA) is 127 Å². The van der Waals surface area contributed by atoms with Crippen molar-refractivity contribution in [2.45, 2.75) is 63.1 Å². The summed E-state index contributed by atoms with van der Waals surface area (Å²) in [6, 6.07) is 3.70. The smallest absolute Gasteiger partial charge is 0.192 e. The van der Waals surface area contributed by atoms with E-state index in [1.165, 1.54) is 12.5 Å². The van der Waals surface area contributed by atoms with Crippen LogP contribution in [-0.4, -0.2) is 57.8 Å². The van der Waals surface area contributed by atoms with Crippen LogP contribution in [0.2, 0.25) is 18.1 Å². The highest BCUT2D eigenvalue weighted by Gasteiger charge is 2.53. The van der Waals surface area contributed by atoms with Gasteiger partial charge in [-0.2, -0.15) is 5.10 Å². The van der Waals surface area contributed by atoms with Gasteiger partial charge in [-0.3, -0.25) is 0 Å². The van der Waals surface area contributed by atoms with Gasteiger partial charge in [0.15, 0.2) is 19.7 Å². The van der Waals surface area contributed by atoms with Crippen molar-refractivity contribution in [3.8, 4) is 0 Å².